The lowest BCUT2D eigenvalue weighted by Gasteiger charge is -2.25. The molecule has 0 aliphatic heterocycles. The summed E-state index contributed by atoms with van der Waals surface area (Å²) in [6, 6.07) is 0.311. The molecule has 1 unspecified atom stereocenters. The van der Waals surface area contributed by atoms with Gasteiger partial charge in [-0.1, -0.05) is 41.5 Å². The molecule has 0 saturated carbocycles. The average Bonchev–Trinajstić information content (AvgIpc) is 2.75. The van der Waals surface area contributed by atoms with Gasteiger partial charge in [-0.15, -0.1) is 11.3 Å². The first-order valence-corrected chi connectivity index (χ1v) is 8.19. The van der Waals surface area contributed by atoms with E-state index in [-0.39, 0.29) is 10.8 Å². The number of hydrogen-bond donors (Lipinski definition) is 1. The molecule has 1 heterocycles. The van der Waals surface area contributed by atoms with Crippen LogP contribution in [0.1, 0.15) is 64.7 Å². The number of aromatic nitrogens is 1. The van der Waals surface area contributed by atoms with Crippen LogP contribution in [0.2, 0.25) is 0 Å². The molecule has 1 aromatic heterocycles. The number of nitrogens with zero attached hydrogens (tertiary/aromatic N) is 1. The predicted molar refractivity (Wildman–Crippen MR) is 87.5 cm³/mol. The van der Waals surface area contributed by atoms with Gasteiger partial charge in [0.2, 0.25) is 0 Å². The highest BCUT2D eigenvalue weighted by atomic mass is 32.1. The van der Waals surface area contributed by atoms with Crippen molar-refractivity contribution in [3.63, 3.8) is 0 Å². The lowest BCUT2D eigenvalue weighted by atomic mass is 9.88. The van der Waals surface area contributed by atoms with Crippen molar-refractivity contribution in [3.8, 4) is 0 Å². The molecule has 1 N–H and O–H groups in total. The third-order valence-electron chi connectivity index (χ3n) is 3.10. The molecule has 0 aromatic carbocycles. The molecular formula is C16H30N2OS. The molecule has 4 heteroatoms. The van der Waals surface area contributed by atoms with E-state index < -0.39 is 0 Å². The first kappa shape index (κ1) is 17.6. The van der Waals surface area contributed by atoms with Gasteiger partial charge in [0.05, 0.1) is 18.3 Å². The number of hydrogen-bond acceptors (Lipinski definition) is 4. The number of thiazole rings is 1. The van der Waals surface area contributed by atoms with Crippen molar-refractivity contribution in [2.24, 2.45) is 5.41 Å². The van der Waals surface area contributed by atoms with E-state index in [4.69, 9.17) is 9.72 Å². The monoisotopic (exact) mass is 298 g/mol. The Balaban J connectivity index is 2.83. The minimum Gasteiger partial charge on any atom is -0.383 e. The Morgan fingerprint density at radius 3 is 2.35 bits per heavy atom. The van der Waals surface area contributed by atoms with Gasteiger partial charge in [-0.25, -0.2) is 4.98 Å². The fraction of sp³-hybridized carbons (Fsp3) is 0.812. The van der Waals surface area contributed by atoms with Crippen molar-refractivity contribution < 1.29 is 4.74 Å². The fourth-order valence-corrected chi connectivity index (χ4v) is 3.11. The molecule has 3 nitrogen and oxygen atoms in total. The Labute approximate surface area is 128 Å². The molecular weight excluding hydrogens is 268 g/mol. The normalized spacial score (nSPS) is 14.6. The Kier molecular flexibility index (Phi) is 6.17. The van der Waals surface area contributed by atoms with Crippen LogP contribution in [-0.2, 0) is 10.2 Å². The van der Waals surface area contributed by atoms with Crippen LogP contribution in [0.25, 0.3) is 0 Å². The zero-order valence-corrected chi connectivity index (χ0v) is 14.9. The molecule has 1 aromatic rings. The molecule has 0 aliphatic carbocycles. The van der Waals surface area contributed by atoms with Crippen molar-refractivity contribution in [3.05, 3.63) is 16.1 Å². The maximum absolute atomic E-state index is 5.14. The van der Waals surface area contributed by atoms with Gasteiger partial charge in [-0.3, -0.25) is 0 Å². The number of methoxy groups -OCH3 is 1. The molecule has 0 amide bonds. The molecule has 0 radical (unpaired) electrons. The second-order valence-electron chi connectivity index (χ2n) is 7.59. The maximum Gasteiger partial charge on any atom is 0.110 e. The van der Waals surface area contributed by atoms with Gasteiger partial charge in [-0.05, 0) is 11.8 Å². The van der Waals surface area contributed by atoms with Gasteiger partial charge < -0.3 is 10.1 Å². The Bertz CT molecular complexity index is 401. The standard InChI is InChI=1S/C16H30N2OS/c1-15(2,3)10-12(17-8-9-19-7)14-18-13(11-20-14)16(4,5)6/h11-12,17H,8-10H2,1-7H3. The van der Waals surface area contributed by atoms with Crippen molar-refractivity contribution >= 4 is 11.3 Å². The zero-order chi connectivity index (χ0) is 15.4. The third-order valence-corrected chi connectivity index (χ3v) is 4.06. The van der Waals surface area contributed by atoms with E-state index in [2.05, 4.69) is 52.2 Å². The van der Waals surface area contributed by atoms with Crippen LogP contribution in [0.4, 0.5) is 0 Å². The molecule has 20 heavy (non-hydrogen) atoms. The Hall–Kier alpha value is -0.450. The summed E-state index contributed by atoms with van der Waals surface area (Å²) in [6.45, 7) is 15.1. The second-order valence-corrected chi connectivity index (χ2v) is 8.47. The highest BCUT2D eigenvalue weighted by molar-refractivity contribution is 7.09. The molecule has 0 saturated heterocycles. The molecule has 116 valence electrons. The minimum absolute atomic E-state index is 0.119. The van der Waals surface area contributed by atoms with Gasteiger partial charge in [0, 0.05) is 24.4 Å². The summed E-state index contributed by atoms with van der Waals surface area (Å²) in [5, 5.41) is 6.97. The molecule has 0 bridgehead atoms. The summed E-state index contributed by atoms with van der Waals surface area (Å²) in [5.74, 6) is 0. The smallest absolute Gasteiger partial charge is 0.110 e. The highest BCUT2D eigenvalue weighted by Crippen LogP contribution is 2.33. The van der Waals surface area contributed by atoms with Gasteiger partial charge in [0.15, 0.2) is 0 Å². The summed E-state index contributed by atoms with van der Waals surface area (Å²) < 4.78 is 5.14. The summed E-state index contributed by atoms with van der Waals surface area (Å²) in [4.78, 5) is 4.86. The van der Waals surface area contributed by atoms with Crippen LogP contribution in [0.5, 0.6) is 0 Å². The Morgan fingerprint density at radius 1 is 1.25 bits per heavy atom. The highest BCUT2D eigenvalue weighted by Gasteiger charge is 2.24. The molecule has 0 aliphatic rings. The predicted octanol–water partition coefficient (Wildman–Crippen LogP) is 4.15. The summed E-state index contributed by atoms with van der Waals surface area (Å²) >= 11 is 1.77. The number of rotatable bonds is 6. The van der Waals surface area contributed by atoms with E-state index in [1.807, 2.05) is 0 Å². The van der Waals surface area contributed by atoms with Crippen LogP contribution in [-0.4, -0.2) is 25.2 Å². The van der Waals surface area contributed by atoms with Crippen LogP contribution >= 0.6 is 11.3 Å². The summed E-state index contributed by atoms with van der Waals surface area (Å²) in [6.07, 6.45) is 1.08. The largest absolute Gasteiger partial charge is 0.383 e. The summed E-state index contributed by atoms with van der Waals surface area (Å²) in [7, 11) is 1.74. The van der Waals surface area contributed by atoms with Gasteiger partial charge in [0.25, 0.3) is 0 Å². The van der Waals surface area contributed by atoms with Crippen LogP contribution in [0.15, 0.2) is 5.38 Å². The zero-order valence-electron chi connectivity index (χ0n) is 14.0. The van der Waals surface area contributed by atoms with E-state index >= 15 is 0 Å². The minimum atomic E-state index is 0.119. The van der Waals surface area contributed by atoms with E-state index in [1.165, 1.54) is 10.7 Å². The molecule has 0 spiro atoms. The lowest BCUT2D eigenvalue weighted by Crippen LogP contribution is -2.28. The van der Waals surface area contributed by atoms with E-state index in [9.17, 15) is 0 Å². The second kappa shape index (κ2) is 7.01. The van der Waals surface area contributed by atoms with Gasteiger partial charge in [-0.2, -0.15) is 0 Å². The van der Waals surface area contributed by atoms with Crippen molar-refractivity contribution in [1.82, 2.24) is 10.3 Å². The van der Waals surface area contributed by atoms with E-state index in [0.29, 0.717) is 6.04 Å². The molecule has 0 fully saturated rings. The first-order chi connectivity index (χ1) is 9.13. The SMILES string of the molecule is COCCNC(CC(C)(C)C)c1nc(C(C)(C)C)cs1. The molecule has 1 rings (SSSR count). The summed E-state index contributed by atoms with van der Waals surface area (Å²) in [5.41, 5.74) is 1.58. The van der Waals surface area contributed by atoms with Crippen molar-refractivity contribution in [1.29, 1.82) is 0 Å². The lowest BCUT2D eigenvalue weighted by molar-refractivity contribution is 0.190. The number of nitrogens with one attached hydrogen (secondary N) is 1. The van der Waals surface area contributed by atoms with Crippen LogP contribution in [0.3, 0.4) is 0 Å². The third kappa shape index (κ3) is 5.90. The quantitative estimate of drug-likeness (QED) is 0.801. The van der Waals surface area contributed by atoms with E-state index in [1.54, 1.807) is 18.4 Å². The van der Waals surface area contributed by atoms with Crippen molar-refractivity contribution in [2.75, 3.05) is 20.3 Å². The van der Waals surface area contributed by atoms with Gasteiger partial charge in [0.1, 0.15) is 5.01 Å². The van der Waals surface area contributed by atoms with Crippen LogP contribution < -0.4 is 5.32 Å². The van der Waals surface area contributed by atoms with Gasteiger partial charge >= 0.3 is 0 Å². The number of ether oxygens (including phenoxy) is 1. The maximum atomic E-state index is 5.14. The van der Waals surface area contributed by atoms with Crippen LogP contribution in [0, 0.1) is 5.41 Å². The topological polar surface area (TPSA) is 34.1 Å². The Morgan fingerprint density at radius 2 is 1.90 bits per heavy atom. The first-order valence-electron chi connectivity index (χ1n) is 7.32. The van der Waals surface area contributed by atoms with Crippen molar-refractivity contribution in [2.45, 2.75) is 59.4 Å². The van der Waals surface area contributed by atoms with E-state index in [0.717, 1.165) is 19.6 Å². The fourth-order valence-electron chi connectivity index (χ4n) is 1.99. The average molecular weight is 298 g/mol. The molecule has 1 atom stereocenters.